The fourth-order valence-electron chi connectivity index (χ4n) is 4.53. The van der Waals surface area contributed by atoms with Crippen molar-refractivity contribution in [2.24, 2.45) is 11.3 Å². The minimum absolute atomic E-state index is 0.0229. The SMILES string of the molecule is CC1CC(NC(=O)CN2CCN(c3ccccc3F)C2=O)CC(C)(C)C1. The molecule has 1 heterocycles. The number of nitrogens with zero attached hydrogens (tertiary/aromatic N) is 2. The number of para-hydroxylation sites is 1. The fourth-order valence-corrected chi connectivity index (χ4v) is 4.53. The maximum Gasteiger partial charge on any atom is 0.325 e. The Balaban J connectivity index is 1.57. The van der Waals surface area contributed by atoms with Crippen LogP contribution in [0.3, 0.4) is 0 Å². The molecule has 1 aromatic rings. The van der Waals surface area contributed by atoms with Gasteiger partial charge in [0.15, 0.2) is 0 Å². The second-order valence-corrected chi connectivity index (χ2v) is 8.48. The van der Waals surface area contributed by atoms with Crippen LogP contribution >= 0.6 is 0 Å². The Kier molecular flexibility index (Phi) is 5.21. The van der Waals surface area contributed by atoms with Gasteiger partial charge in [-0.25, -0.2) is 9.18 Å². The number of nitrogens with one attached hydrogen (secondary N) is 1. The van der Waals surface area contributed by atoms with Gasteiger partial charge in [0, 0.05) is 19.1 Å². The molecule has 2 fully saturated rings. The highest BCUT2D eigenvalue weighted by molar-refractivity contribution is 5.96. The van der Waals surface area contributed by atoms with E-state index in [4.69, 9.17) is 0 Å². The smallest absolute Gasteiger partial charge is 0.325 e. The number of benzene rings is 1. The Morgan fingerprint density at radius 1 is 1.27 bits per heavy atom. The highest BCUT2D eigenvalue weighted by atomic mass is 19.1. The van der Waals surface area contributed by atoms with Crippen LogP contribution in [0.2, 0.25) is 0 Å². The molecular weight excluding hydrogens is 333 g/mol. The molecule has 2 atom stereocenters. The monoisotopic (exact) mass is 361 g/mol. The summed E-state index contributed by atoms with van der Waals surface area (Å²) < 4.78 is 13.9. The van der Waals surface area contributed by atoms with E-state index in [-0.39, 0.29) is 35.6 Å². The third-order valence-electron chi connectivity index (χ3n) is 5.32. The molecule has 3 rings (SSSR count). The predicted molar refractivity (Wildman–Crippen MR) is 99.4 cm³/mol. The molecule has 6 heteroatoms. The third kappa shape index (κ3) is 4.17. The zero-order valence-electron chi connectivity index (χ0n) is 15.8. The van der Waals surface area contributed by atoms with Crippen LogP contribution in [-0.2, 0) is 4.79 Å². The molecule has 0 bridgehead atoms. The number of hydrogen-bond acceptors (Lipinski definition) is 2. The molecule has 1 N–H and O–H groups in total. The van der Waals surface area contributed by atoms with E-state index >= 15 is 0 Å². The van der Waals surface area contributed by atoms with Gasteiger partial charge in [0.05, 0.1) is 5.69 Å². The van der Waals surface area contributed by atoms with E-state index in [1.165, 1.54) is 22.3 Å². The summed E-state index contributed by atoms with van der Waals surface area (Å²) in [5.74, 6) is 0.0169. The summed E-state index contributed by atoms with van der Waals surface area (Å²) in [6.45, 7) is 7.52. The van der Waals surface area contributed by atoms with Gasteiger partial charge in [-0.15, -0.1) is 0 Å². The molecule has 0 aromatic heterocycles. The van der Waals surface area contributed by atoms with Crippen molar-refractivity contribution in [1.82, 2.24) is 10.2 Å². The first-order chi connectivity index (χ1) is 12.2. The predicted octanol–water partition coefficient (Wildman–Crippen LogP) is 3.40. The Morgan fingerprint density at radius 2 is 2.00 bits per heavy atom. The molecule has 1 aliphatic carbocycles. The number of halogens is 1. The maximum absolute atomic E-state index is 13.9. The van der Waals surface area contributed by atoms with Crippen LogP contribution in [0.4, 0.5) is 14.9 Å². The van der Waals surface area contributed by atoms with Crippen molar-refractivity contribution in [2.75, 3.05) is 24.5 Å². The summed E-state index contributed by atoms with van der Waals surface area (Å²) in [5.41, 5.74) is 0.490. The number of rotatable bonds is 4. The fraction of sp³-hybridized carbons (Fsp3) is 0.600. The van der Waals surface area contributed by atoms with E-state index in [0.29, 0.717) is 19.0 Å². The second kappa shape index (κ2) is 7.25. The minimum atomic E-state index is -0.425. The van der Waals surface area contributed by atoms with Crippen molar-refractivity contribution in [2.45, 2.75) is 46.1 Å². The zero-order chi connectivity index (χ0) is 18.9. The topological polar surface area (TPSA) is 52.7 Å². The van der Waals surface area contributed by atoms with Gasteiger partial charge < -0.3 is 10.2 Å². The Hall–Kier alpha value is -2.11. The molecule has 1 saturated carbocycles. The lowest BCUT2D eigenvalue weighted by molar-refractivity contribution is -0.122. The first-order valence-electron chi connectivity index (χ1n) is 9.35. The lowest BCUT2D eigenvalue weighted by atomic mass is 9.70. The average molecular weight is 361 g/mol. The Bertz CT molecular complexity index is 691. The van der Waals surface area contributed by atoms with E-state index < -0.39 is 5.82 Å². The lowest BCUT2D eigenvalue weighted by Gasteiger charge is -2.39. The molecular formula is C20H28FN3O2. The van der Waals surface area contributed by atoms with Gasteiger partial charge in [0.1, 0.15) is 12.4 Å². The van der Waals surface area contributed by atoms with Crippen molar-refractivity contribution in [3.05, 3.63) is 30.1 Å². The number of amides is 3. The van der Waals surface area contributed by atoms with Crippen LogP contribution in [0, 0.1) is 17.2 Å². The average Bonchev–Trinajstić information content (AvgIpc) is 2.86. The molecule has 1 saturated heterocycles. The molecule has 0 spiro atoms. The van der Waals surface area contributed by atoms with Gasteiger partial charge in [-0.3, -0.25) is 9.69 Å². The quantitative estimate of drug-likeness (QED) is 0.894. The lowest BCUT2D eigenvalue weighted by Crippen LogP contribution is -2.47. The van der Waals surface area contributed by atoms with Gasteiger partial charge in [-0.05, 0) is 42.7 Å². The van der Waals surface area contributed by atoms with E-state index in [1.54, 1.807) is 18.2 Å². The molecule has 142 valence electrons. The molecule has 1 aromatic carbocycles. The summed E-state index contributed by atoms with van der Waals surface area (Å²) in [6, 6.07) is 6.06. The first-order valence-corrected chi connectivity index (χ1v) is 9.35. The molecule has 3 amide bonds. The summed E-state index contributed by atoms with van der Waals surface area (Å²) in [4.78, 5) is 27.9. The van der Waals surface area contributed by atoms with Gasteiger partial charge >= 0.3 is 6.03 Å². The number of carbonyl (C=O) groups excluding carboxylic acids is 2. The highest BCUT2D eigenvalue weighted by Gasteiger charge is 2.35. The first kappa shape index (κ1) is 18.7. The molecule has 5 nitrogen and oxygen atoms in total. The number of urea groups is 1. The van der Waals surface area contributed by atoms with Crippen molar-refractivity contribution in [1.29, 1.82) is 0 Å². The molecule has 2 aliphatic rings. The highest BCUT2D eigenvalue weighted by Crippen LogP contribution is 2.38. The van der Waals surface area contributed by atoms with Crippen molar-refractivity contribution in [3.63, 3.8) is 0 Å². The zero-order valence-corrected chi connectivity index (χ0v) is 15.8. The van der Waals surface area contributed by atoms with Gasteiger partial charge in [-0.1, -0.05) is 32.9 Å². The largest absolute Gasteiger partial charge is 0.352 e. The van der Waals surface area contributed by atoms with Crippen LogP contribution in [0.5, 0.6) is 0 Å². The standard InChI is InChI=1S/C20H28FN3O2/c1-14-10-15(12-20(2,3)11-14)22-18(25)13-23-8-9-24(19(23)26)17-7-5-4-6-16(17)21/h4-7,14-15H,8-13H2,1-3H3,(H,22,25). The van der Waals surface area contributed by atoms with Gasteiger partial charge in [0.25, 0.3) is 0 Å². The van der Waals surface area contributed by atoms with Crippen LogP contribution in [-0.4, -0.2) is 42.5 Å². The van der Waals surface area contributed by atoms with Crippen LogP contribution in [0.15, 0.2) is 24.3 Å². The number of anilines is 1. The van der Waals surface area contributed by atoms with Crippen molar-refractivity contribution in [3.8, 4) is 0 Å². The summed E-state index contributed by atoms with van der Waals surface area (Å²) in [5, 5.41) is 3.09. The minimum Gasteiger partial charge on any atom is -0.352 e. The normalized spacial score (nSPS) is 25.5. The van der Waals surface area contributed by atoms with E-state index in [9.17, 15) is 14.0 Å². The van der Waals surface area contributed by atoms with E-state index in [1.807, 2.05) is 0 Å². The van der Waals surface area contributed by atoms with Crippen LogP contribution in [0.1, 0.15) is 40.0 Å². The summed E-state index contributed by atoms with van der Waals surface area (Å²) in [6.07, 6.45) is 3.10. The molecule has 0 radical (unpaired) electrons. The number of hydrogen-bond donors (Lipinski definition) is 1. The van der Waals surface area contributed by atoms with Crippen molar-refractivity contribution >= 4 is 17.6 Å². The summed E-state index contributed by atoms with van der Waals surface area (Å²) >= 11 is 0. The Labute approximate surface area is 154 Å². The third-order valence-corrected chi connectivity index (χ3v) is 5.32. The Morgan fingerprint density at radius 3 is 2.69 bits per heavy atom. The van der Waals surface area contributed by atoms with E-state index in [0.717, 1.165) is 12.8 Å². The molecule has 1 aliphatic heterocycles. The second-order valence-electron chi connectivity index (χ2n) is 8.48. The maximum atomic E-state index is 13.9. The van der Waals surface area contributed by atoms with Crippen LogP contribution in [0.25, 0.3) is 0 Å². The molecule has 26 heavy (non-hydrogen) atoms. The van der Waals surface area contributed by atoms with E-state index in [2.05, 4.69) is 26.1 Å². The van der Waals surface area contributed by atoms with Crippen molar-refractivity contribution < 1.29 is 14.0 Å². The van der Waals surface area contributed by atoms with Gasteiger partial charge in [0.2, 0.25) is 5.91 Å². The number of carbonyl (C=O) groups is 2. The van der Waals surface area contributed by atoms with Crippen LogP contribution < -0.4 is 10.2 Å². The molecule has 2 unspecified atom stereocenters. The van der Waals surface area contributed by atoms with Gasteiger partial charge in [-0.2, -0.15) is 0 Å². The summed E-state index contributed by atoms with van der Waals surface area (Å²) in [7, 11) is 0.